The third-order valence-corrected chi connectivity index (χ3v) is 2.76. The molecule has 0 aliphatic rings. The molecule has 0 aromatic carbocycles. The Hall–Kier alpha value is -0.870. The highest BCUT2D eigenvalue weighted by Gasteiger charge is 2.23. The van der Waals surface area contributed by atoms with Gasteiger partial charge in [0, 0.05) is 25.0 Å². The fourth-order valence-electron chi connectivity index (χ4n) is 2.04. The quantitative estimate of drug-likeness (QED) is 0.632. The molecule has 1 heterocycles. The van der Waals surface area contributed by atoms with Crippen molar-refractivity contribution in [3.05, 3.63) is 18.2 Å². The zero-order chi connectivity index (χ0) is 11.9. The summed E-state index contributed by atoms with van der Waals surface area (Å²) in [7, 11) is 0. The molecule has 0 fully saturated rings. The molecule has 1 rings (SSSR count). The number of aliphatic hydroxyl groups is 1. The molecule has 0 atom stereocenters. The van der Waals surface area contributed by atoms with Gasteiger partial charge >= 0.3 is 0 Å². The van der Waals surface area contributed by atoms with Gasteiger partial charge in [-0.15, -0.1) is 0 Å². The van der Waals surface area contributed by atoms with E-state index in [-0.39, 0.29) is 0 Å². The summed E-state index contributed by atoms with van der Waals surface area (Å²) < 4.78 is 0. The second-order valence-electron chi connectivity index (χ2n) is 4.40. The summed E-state index contributed by atoms with van der Waals surface area (Å²) in [6.07, 6.45) is 7.21. The number of nitrogens with one attached hydrogen (secondary N) is 2. The number of H-pyrrole nitrogens is 1. The van der Waals surface area contributed by atoms with Crippen molar-refractivity contribution in [1.29, 1.82) is 0 Å². The van der Waals surface area contributed by atoms with E-state index >= 15 is 0 Å². The minimum absolute atomic E-state index is 0.552. The first-order valence-corrected chi connectivity index (χ1v) is 6.10. The van der Waals surface area contributed by atoms with E-state index in [9.17, 15) is 5.11 Å². The lowest BCUT2D eigenvalue weighted by atomic mass is 9.93. The van der Waals surface area contributed by atoms with Gasteiger partial charge in [0.15, 0.2) is 0 Å². The summed E-state index contributed by atoms with van der Waals surface area (Å²) in [6.45, 7) is 5.59. The van der Waals surface area contributed by atoms with Crippen LogP contribution in [0.25, 0.3) is 0 Å². The number of aromatic nitrogens is 2. The summed E-state index contributed by atoms with van der Waals surface area (Å²) >= 11 is 0. The van der Waals surface area contributed by atoms with Crippen molar-refractivity contribution in [2.45, 2.75) is 51.7 Å². The first-order valence-electron chi connectivity index (χ1n) is 6.10. The van der Waals surface area contributed by atoms with Gasteiger partial charge in [-0.05, 0) is 12.8 Å². The first kappa shape index (κ1) is 13.2. The molecule has 1 aromatic heterocycles. The second-order valence-corrected chi connectivity index (χ2v) is 4.40. The SMILES string of the molecule is CCCC(O)(CCC)CNCc1cnc[nH]1. The van der Waals surface area contributed by atoms with Crippen molar-refractivity contribution in [2.75, 3.05) is 6.54 Å². The summed E-state index contributed by atoms with van der Waals surface area (Å²) in [6, 6.07) is 0. The van der Waals surface area contributed by atoms with Gasteiger partial charge in [0.05, 0.1) is 11.9 Å². The van der Waals surface area contributed by atoms with Gasteiger partial charge < -0.3 is 15.4 Å². The molecule has 0 saturated heterocycles. The molecule has 0 aliphatic carbocycles. The molecule has 1 aromatic rings. The van der Waals surface area contributed by atoms with Crippen LogP contribution >= 0.6 is 0 Å². The second kappa shape index (κ2) is 6.66. The molecular weight excluding hydrogens is 202 g/mol. The maximum atomic E-state index is 10.4. The highest BCUT2D eigenvalue weighted by molar-refractivity contribution is 4.94. The molecule has 0 spiro atoms. The Balaban J connectivity index is 2.32. The van der Waals surface area contributed by atoms with Crippen LogP contribution < -0.4 is 5.32 Å². The minimum atomic E-state index is -0.552. The first-order chi connectivity index (χ1) is 7.70. The molecule has 0 unspecified atom stereocenters. The van der Waals surface area contributed by atoms with E-state index < -0.39 is 5.60 Å². The van der Waals surface area contributed by atoms with Crippen molar-refractivity contribution in [3.63, 3.8) is 0 Å². The van der Waals surface area contributed by atoms with Gasteiger partial charge in [0.25, 0.3) is 0 Å². The van der Waals surface area contributed by atoms with E-state index in [1.165, 1.54) is 0 Å². The molecule has 92 valence electrons. The van der Waals surface area contributed by atoms with Crippen LogP contribution in [0.5, 0.6) is 0 Å². The molecule has 4 heteroatoms. The lowest BCUT2D eigenvalue weighted by Crippen LogP contribution is -2.40. The van der Waals surface area contributed by atoms with E-state index in [1.807, 2.05) is 0 Å². The van der Waals surface area contributed by atoms with Crippen molar-refractivity contribution in [2.24, 2.45) is 0 Å². The Bertz CT molecular complexity index is 266. The topological polar surface area (TPSA) is 60.9 Å². The zero-order valence-corrected chi connectivity index (χ0v) is 10.3. The van der Waals surface area contributed by atoms with Crippen LogP contribution in [0.4, 0.5) is 0 Å². The Morgan fingerprint density at radius 1 is 1.38 bits per heavy atom. The Morgan fingerprint density at radius 2 is 2.06 bits per heavy atom. The van der Waals surface area contributed by atoms with Crippen LogP contribution in [0.1, 0.15) is 45.2 Å². The number of aromatic amines is 1. The average molecular weight is 225 g/mol. The summed E-state index contributed by atoms with van der Waals surface area (Å²) in [5.41, 5.74) is 0.499. The summed E-state index contributed by atoms with van der Waals surface area (Å²) in [5.74, 6) is 0. The normalized spacial score (nSPS) is 11.9. The molecule has 0 bridgehead atoms. The van der Waals surface area contributed by atoms with Crippen molar-refractivity contribution in [1.82, 2.24) is 15.3 Å². The minimum Gasteiger partial charge on any atom is -0.389 e. The highest BCUT2D eigenvalue weighted by atomic mass is 16.3. The van der Waals surface area contributed by atoms with Crippen LogP contribution in [0.2, 0.25) is 0 Å². The Morgan fingerprint density at radius 3 is 2.56 bits per heavy atom. The summed E-state index contributed by atoms with van der Waals surface area (Å²) in [5, 5.41) is 13.6. The van der Waals surface area contributed by atoms with Crippen LogP contribution in [-0.2, 0) is 6.54 Å². The fraction of sp³-hybridized carbons (Fsp3) is 0.750. The predicted octanol–water partition coefficient (Wildman–Crippen LogP) is 1.83. The summed E-state index contributed by atoms with van der Waals surface area (Å²) in [4.78, 5) is 6.98. The molecule has 0 amide bonds. The standard InChI is InChI=1S/C12H23N3O/c1-3-5-12(16,6-4-2)9-13-7-11-8-14-10-15-11/h8,10,13,16H,3-7,9H2,1-2H3,(H,14,15). The fourth-order valence-corrected chi connectivity index (χ4v) is 2.04. The van der Waals surface area contributed by atoms with E-state index in [1.54, 1.807) is 12.5 Å². The lowest BCUT2D eigenvalue weighted by Gasteiger charge is -2.27. The van der Waals surface area contributed by atoms with Gasteiger partial charge in [0.2, 0.25) is 0 Å². The van der Waals surface area contributed by atoms with Crippen molar-refractivity contribution < 1.29 is 5.11 Å². The van der Waals surface area contributed by atoms with Crippen molar-refractivity contribution in [3.8, 4) is 0 Å². The zero-order valence-electron chi connectivity index (χ0n) is 10.3. The molecule has 3 N–H and O–H groups in total. The van der Waals surface area contributed by atoms with Crippen LogP contribution in [0.15, 0.2) is 12.5 Å². The van der Waals surface area contributed by atoms with E-state index in [4.69, 9.17) is 0 Å². The number of imidazole rings is 1. The van der Waals surface area contributed by atoms with E-state index in [2.05, 4.69) is 29.1 Å². The third-order valence-electron chi connectivity index (χ3n) is 2.76. The molecule has 0 saturated carbocycles. The van der Waals surface area contributed by atoms with Crippen molar-refractivity contribution >= 4 is 0 Å². The Kier molecular flexibility index (Phi) is 5.49. The van der Waals surface area contributed by atoms with Gasteiger partial charge in [-0.2, -0.15) is 0 Å². The van der Waals surface area contributed by atoms with E-state index in [0.29, 0.717) is 6.54 Å². The average Bonchev–Trinajstić information content (AvgIpc) is 2.71. The van der Waals surface area contributed by atoms with Crippen LogP contribution in [0, 0.1) is 0 Å². The lowest BCUT2D eigenvalue weighted by molar-refractivity contribution is 0.0214. The number of hydrogen-bond donors (Lipinski definition) is 3. The molecule has 0 aliphatic heterocycles. The smallest absolute Gasteiger partial charge is 0.0922 e. The maximum Gasteiger partial charge on any atom is 0.0922 e. The Labute approximate surface area is 97.5 Å². The molecular formula is C12H23N3O. The van der Waals surface area contributed by atoms with Crippen LogP contribution in [-0.4, -0.2) is 27.2 Å². The highest BCUT2D eigenvalue weighted by Crippen LogP contribution is 2.18. The van der Waals surface area contributed by atoms with E-state index in [0.717, 1.165) is 37.9 Å². The number of rotatable bonds is 8. The monoisotopic (exact) mass is 225 g/mol. The number of hydrogen-bond acceptors (Lipinski definition) is 3. The predicted molar refractivity (Wildman–Crippen MR) is 65.1 cm³/mol. The van der Waals surface area contributed by atoms with Gasteiger partial charge in [-0.1, -0.05) is 26.7 Å². The maximum absolute atomic E-state index is 10.4. The molecule has 0 radical (unpaired) electrons. The van der Waals surface area contributed by atoms with Gasteiger partial charge in [-0.25, -0.2) is 4.98 Å². The third kappa shape index (κ3) is 4.33. The number of nitrogens with zero attached hydrogens (tertiary/aromatic N) is 1. The van der Waals surface area contributed by atoms with Gasteiger partial charge in [0.1, 0.15) is 0 Å². The molecule has 4 nitrogen and oxygen atoms in total. The van der Waals surface area contributed by atoms with Gasteiger partial charge in [-0.3, -0.25) is 0 Å². The largest absolute Gasteiger partial charge is 0.389 e. The van der Waals surface area contributed by atoms with Crippen LogP contribution in [0.3, 0.4) is 0 Å². The molecule has 16 heavy (non-hydrogen) atoms.